The number of nitrogens with one attached hydrogen (secondary N) is 1. The first-order valence-corrected chi connectivity index (χ1v) is 5.96. The molecular weight excluding hydrogens is 194 g/mol. The van der Waals surface area contributed by atoms with Gasteiger partial charge >= 0.3 is 0 Å². The van der Waals surface area contributed by atoms with Crippen LogP contribution in [-0.2, 0) is 0 Å². The van der Waals surface area contributed by atoms with E-state index < -0.39 is 0 Å². The van der Waals surface area contributed by atoms with Crippen LogP contribution in [0.1, 0.15) is 24.6 Å². The molecule has 1 aliphatic rings. The number of thiophene rings is 1. The largest absolute Gasteiger partial charge is 0.478 e. The molecule has 0 amide bonds. The van der Waals surface area contributed by atoms with Gasteiger partial charge < -0.3 is 10.1 Å². The quantitative estimate of drug-likeness (QED) is 0.812. The van der Waals surface area contributed by atoms with Gasteiger partial charge in [0.15, 0.2) is 5.06 Å². The Kier molecular flexibility index (Phi) is 2.79. The van der Waals surface area contributed by atoms with Gasteiger partial charge in [-0.1, -0.05) is 0 Å². The summed E-state index contributed by atoms with van der Waals surface area (Å²) in [5.74, 6) is 0. The summed E-state index contributed by atoms with van der Waals surface area (Å²) in [6.07, 6.45) is 2.20. The fourth-order valence-electron chi connectivity index (χ4n) is 1.77. The van der Waals surface area contributed by atoms with Crippen molar-refractivity contribution in [3.8, 4) is 5.06 Å². The Labute approximate surface area is 89.3 Å². The number of rotatable bonds is 2. The number of hydrogen-bond acceptors (Lipinski definition) is 3. The lowest BCUT2D eigenvalue weighted by atomic mass is 9.95. The highest BCUT2D eigenvalue weighted by molar-refractivity contribution is 7.13. The zero-order valence-electron chi connectivity index (χ0n) is 8.80. The van der Waals surface area contributed by atoms with Crippen molar-refractivity contribution < 1.29 is 4.74 Å². The van der Waals surface area contributed by atoms with Crippen LogP contribution in [-0.4, -0.2) is 18.7 Å². The van der Waals surface area contributed by atoms with Gasteiger partial charge in [-0.15, -0.1) is 11.3 Å². The molecule has 0 spiro atoms. The third-order valence-electron chi connectivity index (χ3n) is 2.72. The standard InChI is InChI=1S/C11H17NOS/c1-9-3-4-10(14-9)13-11(2)5-7-12-8-6-11/h3-4,12H,5-8H2,1-2H3. The minimum atomic E-state index is 0.0442. The maximum Gasteiger partial charge on any atom is 0.174 e. The minimum Gasteiger partial charge on any atom is -0.478 e. The average molecular weight is 211 g/mol. The fourth-order valence-corrected chi connectivity index (χ4v) is 2.60. The molecule has 0 aliphatic carbocycles. The highest BCUT2D eigenvalue weighted by atomic mass is 32.1. The monoisotopic (exact) mass is 211 g/mol. The molecule has 0 atom stereocenters. The number of hydrogen-bond donors (Lipinski definition) is 1. The Bertz CT molecular complexity index is 302. The zero-order valence-corrected chi connectivity index (χ0v) is 9.62. The maximum atomic E-state index is 6.04. The molecule has 1 aliphatic heterocycles. The van der Waals surface area contributed by atoms with E-state index >= 15 is 0 Å². The Morgan fingerprint density at radius 1 is 1.36 bits per heavy atom. The predicted molar refractivity (Wildman–Crippen MR) is 60.2 cm³/mol. The summed E-state index contributed by atoms with van der Waals surface area (Å²) in [6, 6.07) is 4.19. The average Bonchev–Trinajstić information content (AvgIpc) is 2.51. The van der Waals surface area contributed by atoms with Crippen LogP contribution in [0.4, 0.5) is 0 Å². The summed E-state index contributed by atoms with van der Waals surface area (Å²) in [5, 5.41) is 4.42. The molecule has 1 saturated heterocycles. The van der Waals surface area contributed by atoms with Gasteiger partial charge in [0.1, 0.15) is 5.60 Å². The van der Waals surface area contributed by atoms with Crippen LogP contribution in [0.25, 0.3) is 0 Å². The molecule has 0 saturated carbocycles. The number of piperidine rings is 1. The molecule has 14 heavy (non-hydrogen) atoms. The second kappa shape index (κ2) is 3.91. The summed E-state index contributed by atoms with van der Waals surface area (Å²) in [4.78, 5) is 1.32. The predicted octanol–water partition coefficient (Wildman–Crippen LogP) is 2.58. The molecule has 1 fully saturated rings. The van der Waals surface area contributed by atoms with E-state index in [4.69, 9.17) is 4.74 Å². The number of ether oxygens (including phenoxy) is 1. The first-order valence-electron chi connectivity index (χ1n) is 5.14. The summed E-state index contributed by atoms with van der Waals surface area (Å²) >= 11 is 1.74. The van der Waals surface area contributed by atoms with Crippen LogP contribution >= 0.6 is 11.3 Å². The molecule has 0 bridgehead atoms. The van der Waals surface area contributed by atoms with Gasteiger partial charge in [-0.05, 0) is 51.9 Å². The van der Waals surface area contributed by atoms with Crippen molar-refractivity contribution in [3.05, 3.63) is 17.0 Å². The van der Waals surface area contributed by atoms with Gasteiger partial charge in [-0.3, -0.25) is 0 Å². The highest BCUT2D eigenvalue weighted by Crippen LogP contribution is 2.31. The molecule has 2 heterocycles. The summed E-state index contributed by atoms with van der Waals surface area (Å²) in [7, 11) is 0. The smallest absolute Gasteiger partial charge is 0.174 e. The molecule has 1 aromatic rings. The topological polar surface area (TPSA) is 21.3 Å². The fraction of sp³-hybridized carbons (Fsp3) is 0.636. The SMILES string of the molecule is Cc1ccc(OC2(C)CCNCC2)s1. The Morgan fingerprint density at radius 3 is 2.64 bits per heavy atom. The highest BCUT2D eigenvalue weighted by Gasteiger charge is 2.28. The second-order valence-electron chi connectivity index (χ2n) is 4.17. The van der Waals surface area contributed by atoms with Crippen molar-refractivity contribution in [3.63, 3.8) is 0 Å². The Balaban J connectivity index is 2.01. The molecular formula is C11H17NOS. The van der Waals surface area contributed by atoms with Crippen molar-refractivity contribution in [2.24, 2.45) is 0 Å². The van der Waals surface area contributed by atoms with E-state index in [9.17, 15) is 0 Å². The summed E-state index contributed by atoms with van der Waals surface area (Å²) in [6.45, 7) is 6.47. The van der Waals surface area contributed by atoms with Gasteiger partial charge in [0.2, 0.25) is 0 Å². The van der Waals surface area contributed by atoms with Crippen LogP contribution in [0.2, 0.25) is 0 Å². The van der Waals surface area contributed by atoms with Crippen LogP contribution in [0.3, 0.4) is 0 Å². The molecule has 0 unspecified atom stereocenters. The third-order valence-corrected chi connectivity index (χ3v) is 3.60. The van der Waals surface area contributed by atoms with E-state index in [1.54, 1.807) is 11.3 Å². The maximum absolute atomic E-state index is 6.04. The lowest BCUT2D eigenvalue weighted by Crippen LogP contribution is -2.43. The number of aryl methyl sites for hydroxylation is 1. The van der Waals surface area contributed by atoms with Crippen LogP contribution < -0.4 is 10.1 Å². The van der Waals surface area contributed by atoms with Gasteiger partial charge in [0, 0.05) is 4.88 Å². The van der Waals surface area contributed by atoms with Gasteiger partial charge in [-0.25, -0.2) is 0 Å². The van der Waals surface area contributed by atoms with Crippen molar-refractivity contribution in [1.82, 2.24) is 5.32 Å². The van der Waals surface area contributed by atoms with Crippen molar-refractivity contribution in [2.75, 3.05) is 13.1 Å². The molecule has 2 nitrogen and oxygen atoms in total. The van der Waals surface area contributed by atoms with Crippen molar-refractivity contribution in [1.29, 1.82) is 0 Å². The third kappa shape index (κ3) is 2.28. The van der Waals surface area contributed by atoms with Crippen molar-refractivity contribution >= 4 is 11.3 Å². The Morgan fingerprint density at radius 2 is 2.07 bits per heavy atom. The molecule has 0 aromatic carbocycles. The normalized spacial score (nSPS) is 20.7. The molecule has 1 N–H and O–H groups in total. The van der Waals surface area contributed by atoms with E-state index in [1.807, 2.05) is 0 Å². The molecule has 1 aromatic heterocycles. The van der Waals surface area contributed by atoms with Crippen LogP contribution in [0.15, 0.2) is 12.1 Å². The Hall–Kier alpha value is -0.540. The first kappa shape index (κ1) is 9.99. The summed E-state index contributed by atoms with van der Waals surface area (Å²) in [5.41, 5.74) is 0.0442. The second-order valence-corrected chi connectivity index (χ2v) is 5.42. The molecule has 2 rings (SSSR count). The lowest BCUT2D eigenvalue weighted by molar-refractivity contribution is 0.0596. The molecule has 3 heteroatoms. The minimum absolute atomic E-state index is 0.0442. The summed E-state index contributed by atoms with van der Waals surface area (Å²) < 4.78 is 6.04. The molecule has 78 valence electrons. The van der Waals surface area contributed by atoms with Gasteiger partial charge in [0.25, 0.3) is 0 Å². The van der Waals surface area contributed by atoms with E-state index in [0.717, 1.165) is 31.0 Å². The lowest BCUT2D eigenvalue weighted by Gasteiger charge is -2.33. The van der Waals surface area contributed by atoms with Crippen LogP contribution in [0.5, 0.6) is 5.06 Å². The first-order chi connectivity index (χ1) is 6.68. The van der Waals surface area contributed by atoms with E-state index in [0.29, 0.717) is 0 Å². The van der Waals surface area contributed by atoms with E-state index in [2.05, 4.69) is 31.3 Å². The van der Waals surface area contributed by atoms with E-state index in [-0.39, 0.29) is 5.60 Å². The zero-order chi connectivity index (χ0) is 10.0. The van der Waals surface area contributed by atoms with E-state index in [1.165, 1.54) is 4.88 Å². The van der Waals surface area contributed by atoms with Crippen LogP contribution in [0, 0.1) is 6.92 Å². The van der Waals surface area contributed by atoms with Gasteiger partial charge in [0.05, 0.1) is 0 Å². The van der Waals surface area contributed by atoms with Crippen molar-refractivity contribution in [2.45, 2.75) is 32.3 Å². The molecule has 0 radical (unpaired) electrons. The van der Waals surface area contributed by atoms with Gasteiger partial charge in [-0.2, -0.15) is 0 Å².